The molecule has 4 rings (SSSR count). The van der Waals surface area contributed by atoms with Crippen molar-refractivity contribution in [2.75, 3.05) is 25.4 Å². The van der Waals surface area contributed by atoms with Crippen LogP contribution >= 0.6 is 0 Å². The first-order chi connectivity index (χ1) is 14.5. The molecule has 0 bridgehead atoms. The van der Waals surface area contributed by atoms with Crippen molar-refractivity contribution in [2.45, 2.75) is 17.7 Å². The molecule has 1 fully saturated rings. The highest BCUT2D eigenvalue weighted by molar-refractivity contribution is 7.91. The molecule has 0 saturated carbocycles. The number of nitrogens with zero attached hydrogens (tertiary/aromatic N) is 1. The number of hydrogen-bond donors (Lipinski definition) is 0. The number of piperidine rings is 1. The average Bonchev–Trinajstić information content (AvgIpc) is 2.78. The minimum absolute atomic E-state index is 0.00404. The Hall–Kier alpha value is -2.86. The minimum Gasteiger partial charge on any atom is -0.484 e. The standard InChI is InChI=1S/C24H25NO4S/c26-24(17-29-22-8-2-1-3-9-22)25-14-12-19(13-15-25)18-30(27,28)23-11-10-20-6-4-5-7-21(20)16-23/h1-11,16,19H,12-15,17-18H2. The fraction of sp³-hybridized carbons (Fsp3) is 0.292. The Labute approximate surface area is 177 Å². The summed E-state index contributed by atoms with van der Waals surface area (Å²) in [6, 6.07) is 22.3. The molecule has 30 heavy (non-hydrogen) atoms. The highest BCUT2D eigenvalue weighted by Gasteiger charge is 2.27. The highest BCUT2D eigenvalue weighted by atomic mass is 32.2. The van der Waals surface area contributed by atoms with Gasteiger partial charge in [-0.25, -0.2) is 8.42 Å². The molecular formula is C24H25NO4S. The first-order valence-corrected chi connectivity index (χ1v) is 11.8. The number of benzene rings is 3. The Morgan fingerprint density at radius 1 is 0.900 bits per heavy atom. The van der Waals surface area contributed by atoms with Gasteiger partial charge in [-0.3, -0.25) is 4.79 Å². The molecule has 1 heterocycles. The summed E-state index contributed by atoms with van der Waals surface area (Å²) in [5.74, 6) is 0.783. The van der Waals surface area contributed by atoms with E-state index in [1.807, 2.05) is 60.7 Å². The predicted molar refractivity (Wildman–Crippen MR) is 117 cm³/mol. The van der Waals surface area contributed by atoms with Gasteiger partial charge in [0.25, 0.3) is 5.91 Å². The van der Waals surface area contributed by atoms with E-state index in [-0.39, 0.29) is 24.2 Å². The van der Waals surface area contributed by atoms with Crippen molar-refractivity contribution in [1.82, 2.24) is 4.90 Å². The molecule has 0 atom stereocenters. The van der Waals surface area contributed by atoms with E-state index in [4.69, 9.17) is 4.74 Å². The molecular weight excluding hydrogens is 398 g/mol. The van der Waals surface area contributed by atoms with E-state index in [2.05, 4.69) is 0 Å². The van der Waals surface area contributed by atoms with Crippen LogP contribution in [0.2, 0.25) is 0 Å². The van der Waals surface area contributed by atoms with Crippen molar-refractivity contribution in [3.63, 3.8) is 0 Å². The number of likely N-dealkylation sites (tertiary alicyclic amines) is 1. The number of rotatable bonds is 6. The second-order valence-corrected chi connectivity index (χ2v) is 9.75. The fourth-order valence-corrected chi connectivity index (χ4v) is 5.60. The van der Waals surface area contributed by atoms with E-state index in [0.717, 1.165) is 10.8 Å². The third-order valence-electron chi connectivity index (χ3n) is 5.61. The number of ether oxygens (including phenoxy) is 1. The van der Waals surface area contributed by atoms with Crippen LogP contribution in [-0.2, 0) is 14.6 Å². The number of fused-ring (bicyclic) bond motifs is 1. The molecule has 0 unspecified atom stereocenters. The monoisotopic (exact) mass is 423 g/mol. The molecule has 0 spiro atoms. The quantitative estimate of drug-likeness (QED) is 0.603. The van der Waals surface area contributed by atoms with Crippen LogP contribution in [0.1, 0.15) is 12.8 Å². The van der Waals surface area contributed by atoms with E-state index in [1.54, 1.807) is 17.0 Å². The molecule has 3 aromatic rings. The molecule has 0 aliphatic carbocycles. The van der Waals surface area contributed by atoms with E-state index in [1.165, 1.54) is 0 Å². The summed E-state index contributed by atoms with van der Waals surface area (Å²) in [7, 11) is -3.36. The molecule has 1 saturated heterocycles. The Balaban J connectivity index is 1.31. The maximum atomic E-state index is 12.9. The Kier molecular flexibility index (Phi) is 6.04. The van der Waals surface area contributed by atoms with E-state index in [9.17, 15) is 13.2 Å². The molecule has 0 aromatic heterocycles. The first kappa shape index (κ1) is 20.4. The van der Waals surface area contributed by atoms with Gasteiger partial charge in [-0.05, 0) is 53.8 Å². The summed E-state index contributed by atoms with van der Waals surface area (Å²) < 4.78 is 31.4. The van der Waals surface area contributed by atoms with Crippen molar-refractivity contribution in [3.05, 3.63) is 72.8 Å². The SMILES string of the molecule is O=C(COc1ccccc1)N1CCC(CS(=O)(=O)c2ccc3ccccc3c2)CC1. The summed E-state index contributed by atoms with van der Waals surface area (Å²) in [6.07, 6.45) is 1.37. The summed E-state index contributed by atoms with van der Waals surface area (Å²) in [5.41, 5.74) is 0. The molecule has 156 valence electrons. The number of sulfone groups is 1. The van der Waals surface area contributed by atoms with E-state index >= 15 is 0 Å². The molecule has 1 aliphatic rings. The van der Waals surface area contributed by atoms with Crippen molar-refractivity contribution in [3.8, 4) is 5.75 Å². The van der Waals surface area contributed by atoms with Crippen LogP contribution in [-0.4, -0.2) is 44.7 Å². The van der Waals surface area contributed by atoms with Gasteiger partial charge in [-0.15, -0.1) is 0 Å². The topological polar surface area (TPSA) is 63.7 Å². The zero-order valence-corrected chi connectivity index (χ0v) is 17.6. The third-order valence-corrected chi connectivity index (χ3v) is 7.49. The zero-order chi connectivity index (χ0) is 21.0. The van der Waals surface area contributed by atoms with Crippen LogP contribution in [0.25, 0.3) is 10.8 Å². The number of carbonyl (C=O) groups excluding carboxylic acids is 1. The van der Waals surface area contributed by atoms with Crippen molar-refractivity contribution < 1.29 is 17.9 Å². The second-order valence-electron chi connectivity index (χ2n) is 7.72. The van der Waals surface area contributed by atoms with E-state index in [0.29, 0.717) is 36.6 Å². The lowest BCUT2D eigenvalue weighted by atomic mass is 9.99. The lowest BCUT2D eigenvalue weighted by molar-refractivity contribution is -0.134. The van der Waals surface area contributed by atoms with Crippen LogP contribution in [0.4, 0.5) is 0 Å². The molecule has 0 N–H and O–H groups in total. The van der Waals surface area contributed by atoms with Crippen molar-refractivity contribution >= 4 is 26.5 Å². The van der Waals surface area contributed by atoms with Crippen LogP contribution in [0, 0.1) is 5.92 Å². The molecule has 5 nitrogen and oxygen atoms in total. The Morgan fingerprint density at radius 3 is 2.30 bits per heavy atom. The fourth-order valence-electron chi connectivity index (χ4n) is 3.87. The average molecular weight is 424 g/mol. The van der Waals surface area contributed by atoms with E-state index < -0.39 is 9.84 Å². The molecule has 6 heteroatoms. The second kappa shape index (κ2) is 8.88. The first-order valence-electron chi connectivity index (χ1n) is 10.2. The summed E-state index contributed by atoms with van der Waals surface area (Å²) >= 11 is 0. The maximum Gasteiger partial charge on any atom is 0.260 e. The molecule has 1 aliphatic heterocycles. The van der Waals surface area contributed by atoms with Gasteiger partial charge in [-0.1, -0.05) is 48.5 Å². The number of hydrogen-bond acceptors (Lipinski definition) is 4. The van der Waals surface area contributed by atoms with Crippen LogP contribution in [0.5, 0.6) is 5.75 Å². The smallest absolute Gasteiger partial charge is 0.260 e. The van der Waals surface area contributed by atoms with Gasteiger partial charge >= 0.3 is 0 Å². The largest absolute Gasteiger partial charge is 0.484 e. The number of carbonyl (C=O) groups is 1. The van der Waals surface area contributed by atoms with Crippen LogP contribution in [0.15, 0.2) is 77.7 Å². The molecule has 0 radical (unpaired) electrons. The normalized spacial score (nSPS) is 15.3. The maximum absolute atomic E-state index is 12.9. The summed E-state index contributed by atoms with van der Waals surface area (Å²) in [4.78, 5) is 14.5. The van der Waals surface area contributed by atoms with Gasteiger partial charge in [0.2, 0.25) is 0 Å². The van der Waals surface area contributed by atoms with Gasteiger partial charge in [0, 0.05) is 13.1 Å². The van der Waals surface area contributed by atoms with Gasteiger partial charge in [0.1, 0.15) is 5.75 Å². The van der Waals surface area contributed by atoms with Gasteiger partial charge in [-0.2, -0.15) is 0 Å². The summed E-state index contributed by atoms with van der Waals surface area (Å²) in [6.45, 7) is 1.13. The molecule has 1 amide bonds. The van der Waals surface area contributed by atoms with Crippen molar-refractivity contribution in [1.29, 1.82) is 0 Å². The molecule has 3 aromatic carbocycles. The van der Waals surface area contributed by atoms with Gasteiger partial charge in [0.05, 0.1) is 10.6 Å². The zero-order valence-electron chi connectivity index (χ0n) is 16.7. The lowest BCUT2D eigenvalue weighted by Crippen LogP contribution is -2.42. The van der Waals surface area contributed by atoms with Crippen LogP contribution < -0.4 is 4.74 Å². The highest BCUT2D eigenvalue weighted by Crippen LogP contribution is 2.25. The number of para-hydroxylation sites is 1. The van der Waals surface area contributed by atoms with Gasteiger partial charge in [0.15, 0.2) is 16.4 Å². The lowest BCUT2D eigenvalue weighted by Gasteiger charge is -2.31. The third kappa shape index (κ3) is 4.82. The summed E-state index contributed by atoms with van der Waals surface area (Å²) in [5, 5.41) is 1.96. The Morgan fingerprint density at radius 2 is 1.57 bits per heavy atom. The predicted octanol–water partition coefficient (Wildman–Crippen LogP) is 3.93. The van der Waals surface area contributed by atoms with Gasteiger partial charge < -0.3 is 9.64 Å². The van der Waals surface area contributed by atoms with Crippen molar-refractivity contribution in [2.24, 2.45) is 5.92 Å². The Bertz CT molecular complexity index is 1120. The van der Waals surface area contributed by atoms with Crippen LogP contribution in [0.3, 0.4) is 0 Å². The number of amides is 1. The minimum atomic E-state index is -3.36.